The first kappa shape index (κ1) is 22.3. The minimum absolute atomic E-state index is 0.0151. The SMILES string of the molecule is COc1ccc2[nH]c(NC3(C(=O)CC(C)(C)C(=O)O)C=CC(c4ccccc4)C=C3)nc2c1. The van der Waals surface area contributed by atoms with Crippen molar-refractivity contribution in [2.75, 3.05) is 12.4 Å². The van der Waals surface area contributed by atoms with E-state index in [0.717, 1.165) is 11.1 Å². The molecule has 0 atom stereocenters. The van der Waals surface area contributed by atoms with Crippen molar-refractivity contribution in [2.24, 2.45) is 5.41 Å². The molecule has 3 aromatic rings. The Labute approximate surface area is 192 Å². The Morgan fingerprint density at radius 1 is 1.15 bits per heavy atom. The molecule has 3 N–H and O–H groups in total. The number of aromatic nitrogens is 2. The number of ether oxygens (including phenoxy) is 1. The molecule has 1 aliphatic rings. The molecule has 1 heterocycles. The Morgan fingerprint density at radius 2 is 1.85 bits per heavy atom. The summed E-state index contributed by atoms with van der Waals surface area (Å²) in [4.78, 5) is 32.9. The summed E-state index contributed by atoms with van der Waals surface area (Å²) >= 11 is 0. The molecule has 1 aliphatic carbocycles. The van der Waals surface area contributed by atoms with E-state index in [2.05, 4.69) is 15.3 Å². The number of Topliss-reactive ketones (excluding diaryl/α,β-unsaturated/α-hetero) is 1. The number of carboxylic acid groups (broad SMARTS) is 1. The lowest BCUT2D eigenvalue weighted by Crippen LogP contribution is -2.46. The standard InChI is InChI=1S/C26H27N3O4/c1-25(2,23(31)32)16-22(30)26(13-11-18(12-14-26)17-7-5-4-6-8-17)29-24-27-20-10-9-19(33-3)15-21(20)28-24/h4-15,18H,16H2,1-3H3,(H,31,32)(H2,27,28,29). The predicted octanol–water partition coefficient (Wildman–Crippen LogP) is 4.70. The molecule has 0 saturated carbocycles. The summed E-state index contributed by atoms with van der Waals surface area (Å²) in [5.41, 5.74) is 0.155. The van der Waals surface area contributed by atoms with Gasteiger partial charge in [0.05, 0.1) is 23.6 Å². The largest absolute Gasteiger partial charge is 0.497 e. The van der Waals surface area contributed by atoms with Crippen LogP contribution in [0.1, 0.15) is 31.7 Å². The minimum atomic E-state index is -1.23. The number of anilines is 1. The van der Waals surface area contributed by atoms with Crippen LogP contribution in [-0.4, -0.2) is 39.5 Å². The minimum Gasteiger partial charge on any atom is -0.497 e. The van der Waals surface area contributed by atoms with Crippen LogP contribution >= 0.6 is 0 Å². The maximum Gasteiger partial charge on any atom is 0.309 e. The average molecular weight is 446 g/mol. The zero-order chi connectivity index (χ0) is 23.6. The first-order valence-corrected chi connectivity index (χ1v) is 10.7. The molecule has 1 aromatic heterocycles. The molecule has 0 amide bonds. The highest BCUT2D eigenvalue weighted by molar-refractivity contribution is 5.98. The van der Waals surface area contributed by atoms with E-state index >= 15 is 0 Å². The fourth-order valence-electron chi connectivity index (χ4n) is 3.86. The Kier molecular flexibility index (Phi) is 5.80. The number of H-pyrrole nitrogens is 1. The van der Waals surface area contributed by atoms with Gasteiger partial charge in [0.1, 0.15) is 11.3 Å². The third-order valence-corrected chi connectivity index (χ3v) is 5.98. The molecular formula is C26H27N3O4. The lowest BCUT2D eigenvalue weighted by Gasteiger charge is -2.33. The van der Waals surface area contributed by atoms with Gasteiger partial charge < -0.3 is 20.1 Å². The monoisotopic (exact) mass is 445 g/mol. The number of aromatic amines is 1. The molecular weight excluding hydrogens is 418 g/mol. The van der Waals surface area contributed by atoms with E-state index in [1.54, 1.807) is 39.2 Å². The summed E-state index contributed by atoms with van der Waals surface area (Å²) in [6.45, 7) is 3.11. The van der Waals surface area contributed by atoms with Crippen LogP contribution in [0.3, 0.4) is 0 Å². The molecule has 7 heteroatoms. The number of hydrogen-bond acceptors (Lipinski definition) is 5. The maximum atomic E-state index is 13.5. The van der Waals surface area contributed by atoms with Crippen LogP contribution in [0.2, 0.25) is 0 Å². The Hall–Kier alpha value is -3.87. The second kappa shape index (κ2) is 8.58. The summed E-state index contributed by atoms with van der Waals surface area (Å²) in [5, 5.41) is 12.8. The molecule has 33 heavy (non-hydrogen) atoms. The number of carboxylic acids is 1. The molecule has 4 rings (SSSR count). The van der Waals surface area contributed by atoms with E-state index in [-0.39, 0.29) is 18.1 Å². The molecule has 0 unspecified atom stereocenters. The number of nitrogens with zero attached hydrogens (tertiary/aromatic N) is 1. The normalized spacial score (nSPS) is 20.0. The average Bonchev–Trinajstić information content (AvgIpc) is 3.20. The Bertz CT molecular complexity index is 1230. The van der Waals surface area contributed by atoms with Crippen LogP contribution in [0, 0.1) is 5.41 Å². The summed E-state index contributed by atoms with van der Waals surface area (Å²) < 4.78 is 5.26. The number of hydrogen-bond donors (Lipinski definition) is 3. The van der Waals surface area contributed by atoms with Crippen LogP contribution < -0.4 is 10.1 Å². The highest BCUT2D eigenvalue weighted by atomic mass is 16.5. The lowest BCUT2D eigenvalue weighted by atomic mass is 9.77. The van der Waals surface area contributed by atoms with Crippen LogP contribution in [0.25, 0.3) is 11.0 Å². The Balaban J connectivity index is 1.68. The summed E-state index contributed by atoms with van der Waals surface area (Å²) in [5.74, 6) is -0.175. The van der Waals surface area contributed by atoms with Gasteiger partial charge in [-0.25, -0.2) is 4.98 Å². The van der Waals surface area contributed by atoms with Crippen molar-refractivity contribution in [1.29, 1.82) is 0 Å². The van der Waals surface area contributed by atoms with Crippen molar-refractivity contribution in [3.8, 4) is 5.75 Å². The molecule has 0 fully saturated rings. The molecule has 0 saturated heterocycles. The molecule has 2 aromatic carbocycles. The van der Waals surface area contributed by atoms with Crippen LogP contribution in [-0.2, 0) is 9.59 Å². The number of methoxy groups -OCH3 is 1. The molecule has 0 bridgehead atoms. The molecule has 0 spiro atoms. The molecule has 7 nitrogen and oxygen atoms in total. The summed E-state index contributed by atoms with van der Waals surface area (Å²) in [6.07, 6.45) is 7.38. The van der Waals surface area contributed by atoms with Crippen molar-refractivity contribution in [3.63, 3.8) is 0 Å². The van der Waals surface area contributed by atoms with Gasteiger partial charge in [-0.2, -0.15) is 0 Å². The highest BCUT2D eigenvalue weighted by Gasteiger charge is 2.41. The fourth-order valence-corrected chi connectivity index (χ4v) is 3.86. The van der Waals surface area contributed by atoms with Gasteiger partial charge in [0.15, 0.2) is 5.78 Å². The number of fused-ring (bicyclic) bond motifs is 1. The van der Waals surface area contributed by atoms with Crippen LogP contribution in [0.5, 0.6) is 5.75 Å². The third-order valence-electron chi connectivity index (χ3n) is 5.98. The van der Waals surface area contributed by atoms with Crippen molar-refractivity contribution in [3.05, 3.63) is 78.4 Å². The zero-order valence-electron chi connectivity index (χ0n) is 18.8. The van der Waals surface area contributed by atoms with Gasteiger partial charge in [-0.15, -0.1) is 0 Å². The van der Waals surface area contributed by atoms with Crippen molar-refractivity contribution >= 4 is 28.7 Å². The van der Waals surface area contributed by atoms with E-state index < -0.39 is 16.9 Å². The molecule has 0 aliphatic heterocycles. The van der Waals surface area contributed by atoms with Crippen LogP contribution in [0.15, 0.2) is 72.8 Å². The number of nitrogens with one attached hydrogen (secondary N) is 2. The number of carbonyl (C=O) groups excluding carboxylic acids is 1. The van der Waals surface area contributed by atoms with Gasteiger partial charge in [0.2, 0.25) is 5.95 Å². The summed E-state index contributed by atoms with van der Waals surface area (Å²) in [6, 6.07) is 15.4. The second-order valence-electron chi connectivity index (χ2n) is 8.91. The summed E-state index contributed by atoms with van der Waals surface area (Å²) in [7, 11) is 1.59. The first-order chi connectivity index (χ1) is 15.7. The molecule has 170 valence electrons. The predicted molar refractivity (Wildman–Crippen MR) is 128 cm³/mol. The van der Waals surface area contributed by atoms with Gasteiger partial charge in [0.25, 0.3) is 0 Å². The van der Waals surface area contributed by atoms with Gasteiger partial charge in [-0.1, -0.05) is 54.6 Å². The number of allylic oxidation sites excluding steroid dienone is 2. The van der Waals surface area contributed by atoms with E-state index in [1.165, 1.54) is 0 Å². The van der Waals surface area contributed by atoms with Gasteiger partial charge in [-0.3, -0.25) is 9.59 Å². The van der Waals surface area contributed by atoms with Gasteiger partial charge in [0, 0.05) is 18.4 Å². The van der Waals surface area contributed by atoms with E-state index in [4.69, 9.17) is 4.74 Å². The number of benzene rings is 2. The number of imidazole rings is 1. The van der Waals surface area contributed by atoms with Gasteiger partial charge in [-0.05, 0) is 31.5 Å². The second-order valence-corrected chi connectivity index (χ2v) is 8.91. The number of ketones is 1. The van der Waals surface area contributed by atoms with E-state index in [0.29, 0.717) is 17.2 Å². The lowest BCUT2D eigenvalue weighted by molar-refractivity contribution is -0.149. The van der Waals surface area contributed by atoms with E-state index in [1.807, 2.05) is 54.6 Å². The number of aliphatic carboxylic acids is 1. The fraction of sp³-hybridized carbons (Fsp3) is 0.269. The highest BCUT2D eigenvalue weighted by Crippen LogP contribution is 2.33. The molecule has 0 radical (unpaired) electrons. The smallest absolute Gasteiger partial charge is 0.309 e. The maximum absolute atomic E-state index is 13.5. The quantitative estimate of drug-likeness (QED) is 0.434. The van der Waals surface area contributed by atoms with E-state index in [9.17, 15) is 14.7 Å². The zero-order valence-corrected chi connectivity index (χ0v) is 18.8. The number of rotatable bonds is 8. The van der Waals surface area contributed by atoms with Gasteiger partial charge >= 0.3 is 5.97 Å². The third kappa shape index (κ3) is 4.53. The van der Waals surface area contributed by atoms with Crippen molar-refractivity contribution in [2.45, 2.75) is 31.7 Å². The number of carbonyl (C=O) groups is 2. The van der Waals surface area contributed by atoms with Crippen molar-refractivity contribution < 1.29 is 19.4 Å². The topological polar surface area (TPSA) is 104 Å². The Morgan fingerprint density at radius 3 is 2.48 bits per heavy atom. The van der Waals surface area contributed by atoms with Crippen LogP contribution in [0.4, 0.5) is 5.95 Å². The van der Waals surface area contributed by atoms with Crippen molar-refractivity contribution in [1.82, 2.24) is 9.97 Å². The first-order valence-electron chi connectivity index (χ1n) is 10.7.